The third-order valence-corrected chi connectivity index (χ3v) is 1.05. The lowest BCUT2D eigenvalue weighted by atomic mass is 10.4. The maximum atomic E-state index is 3.84. The van der Waals surface area contributed by atoms with Gasteiger partial charge >= 0.3 is 0 Å². The monoisotopic (exact) mass is 126 g/mol. The van der Waals surface area contributed by atoms with Crippen LogP contribution < -0.4 is 4.72 Å². The maximum Gasteiger partial charge on any atom is 0.0623 e. The van der Waals surface area contributed by atoms with Crippen molar-refractivity contribution in [2.24, 2.45) is 0 Å². The Morgan fingerprint density at radius 1 is 1.62 bits per heavy atom. The van der Waals surface area contributed by atoms with Gasteiger partial charge in [0.25, 0.3) is 0 Å². The van der Waals surface area contributed by atoms with Crippen LogP contribution in [-0.2, 0) is 0 Å². The molecule has 0 bridgehead atoms. The van der Waals surface area contributed by atoms with Gasteiger partial charge in [0.05, 0.1) is 11.9 Å². The molecule has 0 spiro atoms. The molecule has 42 valence electrons. The van der Waals surface area contributed by atoms with Crippen LogP contribution in [0.1, 0.15) is 0 Å². The lowest BCUT2D eigenvalue weighted by Gasteiger charge is -1.92. The molecular formula is C5H6N2S. The van der Waals surface area contributed by atoms with E-state index in [0.29, 0.717) is 0 Å². The second kappa shape index (κ2) is 2.57. The Hall–Kier alpha value is -0.700. The lowest BCUT2D eigenvalue weighted by Crippen LogP contribution is -1.78. The molecular weight excluding hydrogens is 120 g/mol. The van der Waals surface area contributed by atoms with Gasteiger partial charge in [0.15, 0.2) is 0 Å². The molecule has 0 radical (unpaired) electrons. The van der Waals surface area contributed by atoms with E-state index in [1.165, 1.54) is 0 Å². The average molecular weight is 126 g/mol. The smallest absolute Gasteiger partial charge is 0.0623 e. The van der Waals surface area contributed by atoms with Gasteiger partial charge in [-0.3, -0.25) is 4.98 Å². The summed E-state index contributed by atoms with van der Waals surface area (Å²) in [5, 5.41) is 0. The van der Waals surface area contributed by atoms with Crippen LogP contribution in [0, 0.1) is 0 Å². The number of hydrogen-bond acceptors (Lipinski definition) is 3. The van der Waals surface area contributed by atoms with Crippen molar-refractivity contribution < 1.29 is 0 Å². The molecule has 0 aliphatic carbocycles. The summed E-state index contributed by atoms with van der Waals surface area (Å²) in [7, 11) is 0. The minimum absolute atomic E-state index is 0.913. The SMILES string of the molecule is SNc1cccnc1. The third kappa shape index (κ3) is 1.13. The fourth-order valence-corrected chi connectivity index (χ4v) is 0.561. The Bertz CT molecular complexity index is 152. The molecule has 1 N–H and O–H groups in total. The molecule has 1 rings (SSSR count). The van der Waals surface area contributed by atoms with Crippen LogP contribution in [-0.4, -0.2) is 4.98 Å². The number of pyridine rings is 1. The van der Waals surface area contributed by atoms with Gasteiger partial charge in [-0.15, -0.1) is 0 Å². The summed E-state index contributed by atoms with van der Waals surface area (Å²) >= 11 is 3.82. The lowest BCUT2D eigenvalue weighted by molar-refractivity contribution is 1.33. The topological polar surface area (TPSA) is 24.9 Å². The Balaban J connectivity index is 2.83. The van der Waals surface area contributed by atoms with Crippen LogP contribution in [0.5, 0.6) is 0 Å². The molecule has 0 saturated heterocycles. The number of anilines is 1. The van der Waals surface area contributed by atoms with Crippen molar-refractivity contribution in [3.8, 4) is 0 Å². The molecule has 8 heavy (non-hydrogen) atoms. The summed E-state index contributed by atoms with van der Waals surface area (Å²) in [6, 6.07) is 3.73. The fraction of sp³-hybridized carbons (Fsp3) is 0. The molecule has 0 unspecified atom stereocenters. The maximum absolute atomic E-state index is 3.84. The number of aromatic nitrogens is 1. The summed E-state index contributed by atoms with van der Waals surface area (Å²) < 4.78 is 2.66. The molecule has 3 heteroatoms. The first-order valence-corrected chi connectivity index (χ1v) is 2.68. The van der Waals surface area contributed by atoms with Gasteiger partial charge < -0.3 is 4.72 Å². The molecule has 0 atom stereocenters. The van der Waals surface area contributed by atoms with Gasteiger partial charge in [0.2, 0.25) is 0 Å². The third-order valence-electron chi connectivity index (χ3n) is 0.791. The van der Waals surface area contributed by atoms with E-state index in [2.05, 4.69) is 22.5 Å². The van der Waals surface area contributed by atoms with E-state index in [4.69, 9.17) is 0 Å². The molecule has 0 aliphatic rings. The minimum Gasteiger partial charge on any atom is -0.331 e. The largest absolute Gasteiger partial charge is 0.331 e. The second-order valence-corrected chi connectivity index (χ2v) is 1.58. The Morgan fingerprint density at radius 2 is 2.50 bits per heavy atom. The summed E-state index contributed by atoms with van der Waals surface area (Å²) in [5.41, 5.74) is 0.913. The summed E-state index contributed by atoms with van der Waals surface area (Å²) in [4.78, 5) is 3.84. The van der Waals surface area contributed by atoms with Gasteiger partial charge in [-0.2, -0.15) is 0 Å². The van der Waals surface area contributed by atoms with E-state index in [0.717, 1.165) is 5.69 Å². The van der Waals surface area contributed by atoms with Crippen LogP contribution in [0.25, 0.3) is 0 Å². The van der Waals surface area contributed by atoms with Crippen molar-refractivity contribution in [1.82, 2.24) is 4.98 Å². The zero-order chi connectivity index (χ0) is 5.82. The molecule has 0 fully saturated rings. The van der Waals surface area contributed by atoms with Crippen LogP contribution in [0.15, 0.2) is 24.5 Å². The first-order chi connectivity index (χ1) is 3.93. The van der Waals surface area contributed by atoms with Crippen LogP contribution in [0.4, 0.5) is 5.69 Å². The van der Waals surface area contributed by atoms with Crippen molar-refractivity contribution >= 4 is 18.5 Å². The molecule has 0 amide bonds. The van der Waals surface area contributed by atoms with E-state index in [9.17, 15) is 0 Å². The van der Waals surface area contributed by atoms with Crippen molar-refractivity contribution in [3.05, 3.63) is 24.5 Å². The number of thiol groups is 1. The standard InChI is InChI=1S/C5H6N2S/c8-7-5-2-1-3-6-4-5/h1-4,7-8H. The first kappa shape index (κ1) is 5.44. The van der Waals surface area contributed by atoms with Gasteiger partial charge in [0, 0.05) is 6.20 Å². The van der Waals surface area contributed by atoms with Gasteiger partial charge in [-0.25, -0.2) is 0 Å². The number of hydrogen-bond donors (Lipinski definition) is 2. The summed E-state index contributed by atoms with van der Waals surface area (Å²) in [6.07, 6.45) is 3.42. The molecule has 1 heterocycles. The van der Waals surface area contributed by atoms with Crippen LogP contribution in [0.2, 0.25) is 0 Å². The van der Waals surface area contributed by atoms with E-state index >= 15 is 0 Å². The Morgan fingerprint density at radius 3 is 2.88 bits per heavy atom. The molecule has 0 aliphatic heterocycles. The normalized spacial score (nSPS) is 8.62. The quantitative estimate of drug-likeness (QED) is 0.555. The average Bonchev–Trinajstić information content (AvgIpc) is 1.90. The Labute approximate surface area is 53.5 Å². The molecule has 2 nitrogen and oxygen atoms in total. The van der Waals surface area contributed by atoms with Gasteiger partial charge in [-0.05, 0) is 12.1 Å². The summed E-state index contributed by atoms with van der Waals surface area (Å²) in [6.45, 7) is 0. The van der Waals surface area contributed by atoms with Crippen LogP contribution in [0.3, 0.4) is 0 Å². The highest BCUT2D eigenvalue weighted by molar-refractivity contribution is 7.81. The predicted octanol–water partition coefficient (Wildman–Crippen LogP) is 1.34. The zero-order valence-electron chi connectivity index (χ0n) is 4.20. The molecule has 0 aromatic carbocycles. The first-order valence-electron chi connectivity index (χ1n) is 2.23. The number of nitrogens with zero attached hydrogens (tertiary/aromatic N) is 1. The van der Waals surface area contributed by atoms with Crippen molar-refractivity contribution in [3.63, 3.8) is 0 Å². The second-order valence-electron chi connectivity index (χ2n) is 1.35. The number of nitrogens with one attached hydrogen (secondary N) is 1. The van der Waals surface area contributed by atoms with Gasteiger partial charge in [0.1, 0.15) is 0 Å². The van der Waals surface area contributed by atoms with Crippen molar-refractivity contribution in [2.75, 3.05) is 4.72 Å². The molecule has 1 aromatic rings. The highest BCUT2D eigenvalue weighted by atomic mass is 32.1. The van der Waals surface area contributed by atoms with Gasteiger partial charge in [-0.1, -0.05) is 12.8 Å². The van der Waals surface area contributed by atoms with E-state index < -0.39 is 0 Å². The highest BCUT2D eigenvalue weighted by Gasteiger charge is 1.79. The minimum atomic E-state index is 0.913. The predicted molar refractivity (Wildman–Crippen MR) is 36.8 cm³/mol. The van der Waals surface area contributed by atoms with E-state index in [-0.39, 0.29) is 0 Å². The fourth-order valence-electron chi connectivity index (χ4n) is 0.429. The van der Waals surface area contributed by atoms with Crippen molar-refractivity contribution in [1.29, 1.82) is 0 Å². The van der Waals surface area contributed by atoms with E-state index in [1.807, 2.05) is 12.1 Å². The van der Waals surface area contributed by atoms with E-state index in [1.54, 1.807) is 12.4 Å². The Kier molecular flexibility index (Phi) is 1.75. The van der Waals surface area contributed by atoms with Crippen molar-refractivity contribution in [2.45, 2.75) is 0 Å². The molecule has 1 aromatic heterocycles. The van der Waals surface area contributed by atoms with Crippen LogP contribution >= 0.6 is 12.8 Å². The molecule has 0 saturated carbocycles. The highest BCUT2D eigenvalue weighted by Crippen LogP contribution is 2.01. The zero-order valence-corrected chi connectivity index (χ0v) is 5.10. The summed E-state index contributed by atoms with van der Waals surface area (Å²) in [5.74, 6) is 0. The number of rotatable bonds is 1.